The molecule has 1 fully saturated rings. The minimum absolute atomic E-state index is 0.0980. The Morgan fingerprint density at radius 1 is 1.60 bits per heavy atom. The van der Waals surface area contributed by atoms with Gasteiger partial charge in [-0.15, -0.1) is 0 Å². The van der Waals surface area contributed by atoms with Crippen LogP contribution in [0.4, 0.5) is 5.69 Å². The Balaban J connectivity index is 2.04. The smallest absolute Gasteiger partial charge is 0.227 e. The largest absolute Gasteiger partial charge is 0.326 e. The quantitative estimate of drug-likeness (QED) is 0.883. The molecule has 15 heavy (non-hydrogen) atoms. The SMILES string of the molecule is C[C@H]1C[C@H]1C(=O)Nc1ccc(Br)c(Cl)c1. The maximum Gasteiger partial charge on any atom is 0.227 e. The molecule has 2 atom stereocenters. The van der Waals surface area contributed by atoms with Crippen LogP contribution in [0.25, 0.3) is 0 Å². The Morgan fingerprint density at radius 3 is 2.80 bits per heavy atom. The summed E-state index contributed by atoms with van der Waals surface area (Å²) in [6.07, 6.45) is 0.996. The zero-order valence-electron chi connectivity index (χ0n) is 8.26. The second-order valence-corrected chi connectivity index (χ2v) is 5.20. The summed E-state index contributed by atoms with van der Waals surface area (Å²) < 4.78 is 0.835. The van der Waals surface area contributed by atoms with Gasteiger partial charge in [-0.05, 0) is 46.5 Å². The standard InChI is InChI=1S/C11H11BrClNO/c1-6-4-8(6)11(15)14-7-2-3-9(12)10(13)5-7/h2-3,5-6,8H,4H2,1H3,(H,14,15)/t6-,8+/m0/s1. The summed E-state index contributed by atoms with van der Waals surface area (Å²) in [7, 11) is 0. The van der Waals surface area contributed by atoms with Gasteiger partial charge in [-0.25, -0.2) is 0 Å². The number of hydrogen-bond donors (Lipinski definition) is 1. The number of anilines is 1. The average molecular weight is 289 g/mol. The van der Waals surface area contributed by atoms with Gasteiger partial charge in [0.2, 0.25) is 5.91 Å². The molecular formula is C11H11BrClNO. The van der Waals surface area contributed by atoms with E-state index in [4.69, 9.17) is 11.6 Å². The Kier molecular flexibility index (Phi) is 3.03. The second-order valence-electron chi connectivity index (χ2n) is 3.94. The van der Waals surface area contributed by atoms with Crippen molar-refractivity contribution in [2.75, 3.05) is 5.32 Å². The van der Waals surface area contributed by atoms with Crippen LogP contribution >= 0.6 is 27.5 Å². The third-order valence-corrected chi connectivity index (χ3v) is 3.87. The van der Waals surface area contributed by atoms with Gasteiger partial charge in [0.05, 0.1) is 5.02 Å². The van der Waals surface area contributed by atoms with Crippen molar-refractivity contribution >= 4 is 39.1 Å². The molecule has 80 valence electrons. The molecule has 0 radical (unpaired) electrons. The van der Waals surface area contributed by atoms with E-state index in [0.29, 0.717) is 10.9 Å². The molecule has 4 heteroatoms. The van der Waals surface area contributed by atoms with Crippen LogP contribution < -0.4 is 5.32 Å². The van der Waals surface area contributed by atoms with Gasteiger partial charge in [-0.2, -0.15) is 0 Å². The lowest BCUT2D eigenvalue weighted by atomic mass is 10.3. The number of carbonyl (C=O) groups excluding carboxylic acids is 1. The lowest BCUT2D eigenvalue weighted by Gasteiger charge is -2.05. The highest BCUT2D eigenvalue weighted by Crippen LogP contribution is 2.38. The molecule has 1 saturated carbocycles. The number of amides is 1. The molecule has 1 aromatic rings. The highest BCUT2D eigenvalue weighted by atomic mass is 79.9. The number of halogens is 2. The summed E-state index contributed by atoms with van der Waals surface area (Å²) in [6.45, 7) is 2.08. The monoisotopic (exact) mass is 287 g/mol. The van der Waals surface area contributed by atoms with Gasteiger partial charge in [-0.1, -0.05) is 18.5 Å². The zero-order valence-corrected chi connectivity index (χ0v) is 10.6. The zero-order chi connectivity index (χ0) is 11.0. The van der Waals surface area contributed by atoms with Crippen molar-refractivity contribution < 1.29 is 4.79 Å². The van der Waals surface area contributed by atoms with Crippen LogP contribution in [0.2, 0.25) is 5.02 Å². The minimum atomic E-state index is 0.0980. The number of carbonyl (C=O) groups is 1. The maximum absolute atomic E-state index is 11.6. The van der Waals surface area contributed by atoms with Crippen molar-refractivity contribution in [2.45, 2.75) is 13.3 Å². The Labute approximate surface area is 102 Å². The molecule has 0 bridgehead atoms. The lowest BCUT2D eigenvalue weighted by Crippen LogP contribution is -2.14. The van der Waals surface area contributed by atoms with Gasteiger partial charge in [0.25, 0.3) is 0 Å². The van der Waals surface area contributed by atoms with Crippen LogP contribution in [0, 0.1) is 11.8 Å². The van der Waals surface area contributed by atoms with Crippen LogP contribution in [0.1, 0.15) is 13.3 Å². The van der Waals surface area contributed by atoms with Gasteiger partial charge in [-0.3, -0.25) is 4.79 Å². The van der Waals surface area contributed by atoms with Gasteiger partial charge < -0.3 is 5.32 Å². The maximum atomic E-state index is 11.6. The molecule has 2 nitrogen and oxygen atoms in total. The minimum Gasteiger partial charge on any atom is -0.326 e. The fourth-order valence-electron chi connectivity index (χ4n) is 1.50. The van der Waals surface area contributed by atoms with Crippen LogP contribution in [0.15, 0.2) is 22.7 Å². The van der Waals surface area contributed by atoms with E-state index in [0.717, 1.165) is 16.6 Å². The summed E-state index contributed by atoms with van der Waals surface area (Å²) in [5.74, 6) is 0.809. The molecular weight excluding hydrogens is 277 g/mol. The Hall–Kier alpha value is -0.540. The Morgan fingerprint density at radius 2 is 2.27 bits per heavy atom. The van der Waals surface area contributed by atoms with Crippen LogP contribution in [-0.2, 0) is 4.79 Å². The van der Waals surface area contributed by atoms with Crippen LogP contribution in [0.3, 0.4) is 0 Å². The molecule has 1 amide bonds. The van der Waals surface area contributed by atoms with E-state index in [9.17, 15) is 4.79 Å². The first kappa shape index (κ1) is 11.0. The van der Waals surface area contributed by atoms with E-state index in [1.54, 1.807) is 6.07 Å². The van der Waals surface area contributed by atoms with Gasteiger partial charge >= 0.3 is 0 Å². The molecule has 1 aliphatic carbocycles. The van der Waals surface area contributed by atoms with Crippen molar-refractivity contribution in [2.24, 2.45) is 11.8 Å². The first-order chi connectivity index (χ1) is 7.08. The number of nitrogens with one attached hydrogen (secondary N) is 1. The number of rotatable bonds is 2. The van der Waals surface area contributed by atoms with E-state index in [2.05, 4.69) is 28.2 Å². The molecule has 0 spiro atoms. The van der Waals surface area contributed by atoms with Gasteiger partial charge in [0.1, 0.15) is 0 Å². The molecule has 0 unspecified atom stereocenters. The van der Waals surface area contributed by atoms with E-state index < -0.39 is 0 Å². The predicted octanol–water partition coefficient (Wildman–Crippen LogP) is 3.70. The Bertz CT molecular complexity index is 408. The molecule has 0 saturated heterocycles. The average Bonchev–Trinajstić information content (AvgIpc) is 2.89. The lowest BCUT2D eigenvalue weighted by molar-refractivity contribution is -0.117. The molecule has 0 aromatic heterocycles. The fourth-order valence-corrected chi connectivity index (χ4v) is 1.92. The first-order valence-corrected chi connectivity index (χ1v) is 6.01. The second kappa shape index (κ2) is 4.14. The fraction of sp³-hybridized carbons (Fsp3) is 0.364. The molecule has 1 aliphatic rings. The highest BCUT2D eigenvalue weighted by molar-refractivity contribution is 9.10. The molecule has 2 rings (SSSR count). The summed E-state index contributed by atoms with van der Waals surface area (Å²) in [5, 5.41) is 3.47. The third kappa shape index (κ3) is 2.52. The van der Waals surface area contributed by atoms with Crippen molar-refractivity contribution in [3.8, 4) is 0 Å². The molecule has 1 aromatic carbocycles. The summed E-state index contributed by atoms with van der Waals surface area (Å²) in [6, 6.07) is 5.41. The van der Waals surface area contributed by atoms with Gasteiger partial charge in [0.15, 0.2) is 0 Å². The van der Waals surface area contributed by atoms with Gasteiger partial charge in [0, 0.05) is 16.1 Å². The van der Waals surface area contributed by atoms with Crippen molar-refractivity contribution in [3.63, 3.8) is 0 Å². The van der Waals surface area contributed by atoms with E-state index in [1.165, 1.54) is 0 Å². The van der Waals surface area contributed by atoms with E-state index >= 15 is 0 Å². The summed E-state index contributed by atoms with van der Waals surface area (Å²) in [5.41, 5.74) is 0.757. The molecule has 0 heterocycles. The molecule has 1 N–H and O–H groups in total. The molecule has 0 aliphatic heterocycles. The van der Waals surface area contributed by atoms with Crippen molar-refractivity contribution in [1.29, 1.82) is 0 Å². The first-order valence-electron chi connectivity index (χ1n) is 4.84. The summed E-state index contributed by atoms with van der Waals surface area (Å²) >= 11 is 9.22. The summed E-state index contributed by atoms with van der Waals surface area (Å²) in [4.78, 5) is 11.6. The van der Waals surface area contributed by atoms with Crippen molar-refractivity contribution in [1.82, 2.24) is 0 Å². The number of hydrogen-bond acceptors (Lipinski definition) is 1. The third-order valence-electron chi connectivity index (χ3n) is 2.63. The predicted molar refractivity (Wildman–Crippen MR) is 65.1 cm³/mol. The van der Waals surface area contributed by atoms with E-state index in [-0.39, 0.29) is 11.8 Å². The highest BCUT2D eigenvalue weighted by Gasteiger charge is 2.39. The van der Waals surface area contributed by atoms with Crippen molar-refractivity contribution in [3.05, 3.63) is 27.7 Å². The van der Waals surface area contributed by atoms with Crippen LogP contribution in [-0.4, -0.2) is 5.91 Å². The number of benzene rings is 1. The van der Waals surface area contributed by atoms with E-state index in [1.807, 2.05) is 12.1 Å². The normalized spacial score (nSPS) is 23.7. The topological polar surface area (TPSA) is 29.1 Å². The van der Waals surface area contributed by atoms with Crippen LogP contribution in [0.5, 0.6) is 0 Å².